The molecule has 33 heavy (non-hydrogen) atoms. The number of hydrogen-bond acceptors (Lipinski definition) is 7. The van der Waals surface area contributed by atoms with Crippen LogP contribution in [0.5, 0.6) is 0 Å². The van der Waals surface area contributed by atoms with E-state index in [1.807, 2.05) is 6.07 Å². The second-order valence-corrected chi connectivity index (χ2v) is 8.11. The predicted octanol–water partition coefficient (Wildman–Crippen LogP) is 2.26. The molecule has 2 fully saturated rings. The highest BCUT2D eigenvalue weighted by molar-refractivity contribution is 6.24. The van der Waals surface area contributed by atoms with Gasteiger partial charge in [0.2, 0.25) is 17.7 Å². The van der Waals surface area contributed by atoms with Crippen LogP contribution in [0.1, 0.15) is 5.56 Å². The molecule has 4 atom stereocenters. The number of amides is 3. The first-order valence-corrected chi connectivity index (χ1v) is 10.4. The van der Waals surface area contributed by atoms with Crippen molar-refractivity contribution in [2.45, 2.75) is 19.0 Å². The molecule has 5 rings (SSSR count). The molecule has 3 heterocycles. The fourth-order valence-electron chi connectivity index (χ4n) is 4.82. The standard InChI is InChI=1S/C23H19N5O5/c1-13-12-15(28(32)33)9-10-16(13)26-22(30)18-17-8-5-11-24-27(17)20(19(18)23(26)31)21(29)25-14-6-3-2-4-7-14/h2-12,17-20H,1H3,(H,25,29). The third-order valence-electron chi connectivity index (χ3n) is 6.23. The summed E-state index contributed by atoms with van der Waals surface area (Å²) >= 11 is 0. The van der Waals surface area contributed by atoms with E-state index in [0.717, 1.165) is 4.90 Å². The van der Waals surface area contributed by atoms with Crippen molar-refractivity contribution in [3.8, 4) is 0 Å². The number of nitrogens with one attached hydrogen (secondary N) is 1. The zero-order valence-electron chi connectivity index (χ0n) is 17.5. The van der Waals surface area contributed by atoms with E-state index in [4.69, 9.17) is 0 Å². The molecule has 0 aromatic heterocycles. The molecule has 10 nitrogen and oxygen atoms in total. The molecule has 2 aromatic rings. The number of non-ortho nitro benzene ring substituents is 1. The van der Waals surface area contributed by atoms with Crippen LogP contribution in [0, 0.1) is 28.9 Å². The van der Waals surface area contributed by atoms with Crippen LogP contribution in [-0.2, 0) is 14.4 Å². The lowest BCUT2D eigenvalue weighted by Crippen LogP contribution is -2.47. The molecule has 0 bridgehead atoms. The van der Waals surface area contributed by atoms with Gasteiger partial charge in [-0.1, -0.05) is 24.3 Å². The summed E-state index contributed by atoms with van der Waals surface area (Å²) in [4.78, 5) is 51.9. The van der Waals surface area contributed by atoms with E-state index < -0.39 is 46.6 Å². The first kappa shape index (κ1) is 20.6. The van der Waals surface area contributed by atoms with E-state index in [2.05, 4.69) is 10.4 Å². The van der Waals surface area contributed by atoms with Gasteiger partial charge in [0.05, 0.1) is 28.5 Å². The van der Waals surface area contributed by atoms with E-state index in [1.165, 1.54) is 29.4 Å². The Bertz CT molecular complexity index is 1240. The van der Waals surface area contributed by atoms with E-state index >= 15 is 0 Å². The van der Waals surface area contributed by atoms with Crippen LogP contribution in [0.15, 0.2) is 65.8 Å². The SMILES string of the molecule is Cc1cc([N+](=O)[O-])ccc1N1C(=O)C2C(C1=O)C(C(=O)Nc1ccccc1)N1N=CC=CC21. The molecule has 2 saturated heterocycles. The number of fused-ring (bicyclic) bond motifs is 3. The summed E-state index contributed by atoms with van der Waals surface area (Å²) in [6.07, 6.45) is 4.97. The molecule has 3 amide bonds. The quantitative estimate of drug-likeness (QED) is 0.437. The lowest BCUT2D eigenvalue weighted by molar-refractivity contribution is -0.384. The van der Waals surface area contributed by atoms with Crippen molar-refractivity contribution in [3.05, 3.63) is 76.4 Å². The molecule has 3 aliphatic heterocycles. The zero-order valence-corrected chi connectivity index (χ0v) is 17.5. The minimum absolute atomic E-state index is 0.133. The number of allylic oxidation sites excluding steroid dienone is 1. The number of nitrogens with zero attached hydrogens (tertiary/aromatic N) is 4. The monoisotopic (exact) mass is 445 g/mol. The Morgan fingerprint density at radius 2 is 1.82 bits per heavy atom. The summed E-state index contributed by atoms with van der Waals surface area (Å²) in [5.41, 5.74) is 1.14. The molecule has 0 aliphatic carbocycles. The maximum Gasteiger partial charge on any atom is 0.269 e. The van der Waals surface area contributed by atoms with Gasteiger partial charge in [-0.25, -0.2) is 4.90 Å². The first-order chi connectivity index (χ1) is 15.9. The summed E-state index contributed by atoms with van der Waals surface area (Å²) in [6, 6.07) is 11.3. The Hall–Kier alpha value is -4.34. The van der Waals surface area contributed by atoms with Gasteiger partial charge in [-0.05, 0) is 36.8 Å². The number of nitro benzene ring substituents is 1. The van der Waals surface area contributed by atoms with Crippen LogP contribution >= 0.6 is 0 Å². The lowest BCUT2D eigenvalue weighted by Gasteiger charge is -2.30. The molecule has 0 spiro atoms. The maximum atomic E-state index is 13.6. The number of anilines is 2. The Labute approximate surface area is 188 Å². The molecular weight excluding hydrogens is 426 g/mol. The summed E-state index contributed by atoms with van der Waals surface area (Å²) < 4.78 is 0. The average molecular weight is 445 g/mol. The van der Waals surface area contributed by atoms with Gasteiger partial charge in [-0.15, -0.1) is 0 Å². The Balaban J connectivity index is 1.52. The van der Waals surface area contributed by atoms with Crippen LogP contribution in [0.25, 0.3) is 0 Å². The Kier molecular flexibility index (Phi) is 4.77. The highest BCUT2D eigenvalue weighted by Crippen LogP contribution is 2.46. The fraction of sp³-hybridized carbons (Fsp3) is 0.217. The van der Waals surface area contributed by atoms with E-state index in [9.17, 15) is 24.5 Å². The molecule has 3 aliphatic rings. The molecule has 2 aromatic carbocycles. The van der Waals surface area contributed by atoms with Gasteiger partial charge in [0.1, 0.15) is 6.04 Å². The van der Waals surface area contributed by atoms with Crippen molar-refractivity contribution >= 4 is 41.0 Å². The van der Waals surface area contributed by atoms with Crippen molar-refractivity contribution in [3.63, 3.8) is 0 Å². The van der Waals surface area contributed by atoms with Gasteiger partial charge < -0.3 is 5.32 Å². The number of hydrazone groups is 1. The van der Waals surface area contributed by atoms with Gasteiger partial charge in [-0.3, -0.25) is 29.5 Å². The summed E-state index contributed by atoms with van der Waals surface area (Å²) in [6.45, 7) is 1.60. The van der Waals surface area contributed by atoms with Crippen LogP contribution in [0.4, 0.5) is 17.1 Å². The molecular formula is C23H19N5O5. The molecule has 0 saturated carbocycles. The molecule has 10 heteroatoms. The predicted molar refractivity (Wildman–Crippen MR) is 119 cm³/mol. The van der Waals surface area contributed by atoms with Crippen LogP contribution < -0.4 is 10.2 Å². The number of carbonyl (C=O) groups is 3. The maximum absolute atomic E-state index is 13.6. The van der Waals surface area contributed by atoms with Gasteiger partial charge in [0.15, 0.2) is 0 Å². The molecule has 0 radical (unpaired) electrons. The second kappa shape index (κ2) is 7.66. The number of benzene rings is 2. The highest BCUT2D eigenvalue weighted by atomic mass is 16.6. The third kappa shape index (κ3) is 3.18. The van der Waals surface area contributed by atoms with Crippen molar-refractivity contribution < 1.29 is 19.3 Å². The summed E-state index contributed by atoms with van der Waals surface area (Å²) in [5.74, 6) is -3.15. The summed E-state index contributed by atoms with van der Waals surface area (Å²) in [7, 11) is 0. The number of aryl methyl sites for hydroxylation is 1. The van der Waals surface area contributed by atoms with Gasteiger partial charge >= 0.3 is 0 Å². The first-order valence-electron chi connectivity index (χ1n) is 10.4. The molecule has 4 unspecified atom stereocenters. The van der Waals surface area contributed by atoms with Gasteiger partial charge in [0.25, 0.3) is 5.69 Å². The van der Waals surface area contributed by atoms with Crippen molar-refractivity contribution in [1.82, 2.24) is 5.01 Å². The number of hydrogen-bond donors (Lipinski definition) is 1. The van der Waals surface area contributed by atoms with Crippen molar-refractivity contribution in [2.75, 3.05) is 10.2 Å². The highest BCUT2D eigenvalue weighted by Gasteiger charge is 2.64. The van der Waals surface area contributed by atoms with E-state index in [-0.39, 0.29) is 11.4 Å². The largest absolute Gasteiger partial charge is 0.324 e. The number of nitro groups is 1. The van der Waals surface area contributed by atoms with Gasteiger partial charge in [-0.2, -0.15) is 5.10 Å². The molecule has 1 N–H and O–H groups in total. The van der Waals surface area contributed by atoms with Crippen molar-refractivity contribution in [1.29, 1.82) is 0 Å². The number of para-hydroxylation sites is 1. The minimum atomic E-state index is -0.985. The van der Waals surface area contributed by atoms with E-state index in [1.54, 1.807) is 43.3 Å². The van der Waals surface area contributed by atoms with E-state index in [0.29, 0.717) is 11.3 Å². The number of carbonyl (C=O) groups excluding carboxylic acids is 3. The third-order valence-corrected chi connectivity index (χ3v) is 6.23. The van der Waals surface area contributed by atoms with Gasteiger partial charge in [0, 0.05) is 24.0 Å². The fourth-order valence-corrected chi connectivity index (χ4v) is 4.82. The van der Waals surface area contributed by atoms with Crippen LogP contribution in [-0.4, -0.2) is 46.0 Å². The second-order valence-electron chi connectivity index (χ2n) is 8.11. The molecule has 166 valence electrons. The minimum Gasteiger partial charge on any atom is -0.324 e. The Morgan fingerprint density at radius 1 is 1.09 bits per heavy atom. The topological polar surface area (TPSA) is 125 Å². The summed E-state index contributed by atoms with van der Waals surface area (Å²) in [5, 5.41) is 19.7. The zero-order chi connectivity index (χ0) is 23.3. The normalized spacial score (nSPS) is 25.2. The average Bonchev–Trinajstić information content (AvgIpc) is 3.27. The lowest BCUT2D eigenvalue weighted by atomic mass is 9.88. The number of rotatable bonds is 4. The van der Waals surface area contributed by atoms with Crippen LogP contribution in [0.3, 0.4) is 0 Å². The van der Waals surface area contributed by atoms with Crippen LogP contribution in [0.2, 0.25) is 0 Å². The van der Waals surface area contributed by atoms with Crippen molar-refractivity contribution in [2.24, 2.45) is 16.9 Å². The Morgan fingerprint density at radius 3 is 2.52 bits per heavy atom. The number of imide groups is 1. The smallest absolute Gasteiger partial charge is 0.269 e.